The highest BCUT2D eigenvalue weighted by atomic mass is 35.5. The van der Waals surface area contributed by atoms with Crippen LogP contribution in [0.15, 0.2) is 42.5 Å². The molecule has 4 unspecified atom stereocenters. The Hall–Kier alpha value is -2.41. The SMILES string of the molecule is O=C1C2C3CCCN3C3(C(=O)Nc4c(Cl)cccc43)C2C(=O)N1c1ccccc1Cl. The second kappa shape index (κ2) is 6.06. The van der Waals surface area contributed by atoms with Crippen LogP contribution in [0.5, 0.6) is 0 Å². The third-order valence-corrected chi connectivity index (χ3v) is 7.70. The fourth-order valence-electron chi connectivity index (χ4n) is 6.06. The van der Waals surface area contributed by atoms with Crippen molar-refractivity contribution in [1.29, 1.82) is 0 Å². The highest BCUT2D eigenvalue weighted by molar-refractivity contribution is 6.37. The van der Waals surface area contributed by atoms with Crippen molar-refractivity contribution >= 4 is 52.3 Å². The van der Waals surface area contributed by atoms with E-state index in [1.807, 2.05) is 6.07 Å². The minimum Gasteiger partial charge on any atom is -0.323 e. The van der Waals surface area contributed by atoms with Gasteiger partial charge in [-0.3, -0.25) is 19.3 Å². The summed E-state index contributed by atoms with van der Waals surface area (Å²) in [6.07, 6.45) is 1.63. The molecule has 30 heavy (non-hydrogen) atoms. The van der Waals surface area contributed by atoms with Gasteiger partial charge in [0, 0.05) is 11.6 Å². The van der Waals surface area contributed by atoms with E-state index in [-0.39, 0.29) is 23.8 Å². The molecule has 4 heterocycles. The summed E-state index contributed by atoms with van der Waals surface area (Å²) in [5.41, 5.74) is 0.357. The predicted molar refractivity (Wildman–Crippen MR) is 112 cm³/mol. The molecule has 3 fully saturated rings. The minimum atomic E-state index is -1.23. The molecule has 6 rings (SSSR count). The lowest BCUT2D eigenvalue weighted by molar-refractivity contribution is -0.135. The van der Waals surface area contributed by atoms with Crippen molar-refractivity contribution in [2.75, 3.05) is 16.8 Å². The van der Waals surface area contributed by atoms with Gasteiger partial charge >= 0.3 is 0 Å². The number of imide groups is 1. The van der Waals surface area contributed by atoms with E-state index in [9.17, 15) is 14.4 Å². The molecule has 2 aromatic carbocycles. The third kappa shape index (κ3) is 1.97. The molecule has 0 saturated carbocycles. The summed E-state index contributed by atoms with van der Waals surface area (Å²) >= 11 is 12.7. The fraction of sp³-hybridized carbons (Fsp3) is 0.318. The predicted octanol–water partition coefficient (Wildman–Crippen LogP) is 3.42. The molecule has 152 valence electrons. The van der Waals surface area contributed by atoms with Gasteiger partial charge in [0.25, 0.3) is 5.91 Å². The molecule has 0 bridgehead atoms. The molecular weight excluding hydrogens is 425 g/mol. The molecule has 1 N–H and O–H groups in total. The quantitative estimate of drug-likeness (QED) is 0.688. The Balaban J connectivity index is 1.59. The molecule has 2 aromatic rings. The Morgan fingerprint density at radius 2 is 1.73 bits per heavy atom. The number of carbonyl (C=O) groups is 3. The van der Waals surface area contributed by atoms with Crippen molar-refractivity contribution in [2.45, 2.75) is 24.4 Å². The van der Waals surface area contributed by atoms with Crippen molar-refractivity contribution in [3.8, 4) is 0 Å². The summed E-state index contributed by atoms with van der Waals surface area (Å²) < 4.78 is 0. The van der Waals surface area contributed by atoms with E-state index in [0.717, 1.165) is 12.8 Å². The summed E-state index contributed by atoms with van der Waals surface area (Å²) in [4.78, 5) is 44.2. The van der Waals surface area contributed by atoms with E-state index < -0.39 is 17.4 Å². The van der Waals surface area contributed by atoms with E-state index >= 15 is 0 Å². The van der Waals surface area contributed by atoms with Crippen molar-refractivity contribution in [1.82, 2.24) is 4.90 Å². The van der Waals surface area contributed by atoms with Crippen LogP contribution in [0.4, 0.5) is 11.4 Å². The number of fused-ring (bicyclic) bond motifs is 7. The Kier molecular flexibility index (Phi) is 3.71. The number of para-hydroxylation sites is 2. The summed E-state index contributed by atoms with van der Waals surface area (Å²) in [7, 11) is 0. The van der Waals surface area contributed by atoms with Crippen LogP contribution in [0.2, 0.25) is 10.0 Å². The summed E-state index contributed by atoms with van der Waals surface area (Å²) in [5, 5.41) is 3.66. The molecular formula is C22H17Cl2N3O3. The topological polar surface area (TPSA) is 69.7 Å². The first kappa shape index (κ1) is 18.4. The van der Waals surface area contributed by atoms with E-state index in [4.69, 9.17) is 23.2 Å². The van der Waals surface area contributed by atoms with Crippen LogP contribution in [-0.4, -0.2) is 35.2 Å². The van der Waals surface area contributed by atoms with Crippen molar-refractivity contribution < 1.29 is 14.4 Å². The van der Waals surface area contributed by atoms with Crippen LogP contribution in [-0.2, 0) is 19.9 Å². The molecule has 3 saturated heterocycles. The number of benzene rings is 2. The number of hydrogen-bond acceptors (Lipinski definition) is 4. The number of nitrogens with zero attached hydrogens (tertiary/aromatic N) is 2. The van der Waals surface area contributed by atoms with Crippen LogP contribution in [0.3, 0.4) is 0 Å². The third-order valence-electron chi connectivity index (χ3n) is 7.07. The van der Waals surface area contributed by atoms with Gasteiger partial charge in [0.1, 0.15) is 5.54 Å². The molecule has 6 nitrogen and oxygen atoms in total. The lowest BCUT2D eigenvalue weighted by Gasteiger charge is -2.36. The first-order chi connectivity index (χ1) is 14.5. The smallest absolute Gasteiger partial charge is 0.250 e. The van der Waals surface area contributed by atoms with Crippen molar-refractivity contribution in [3.05, 3.63) is 58.1 Å². The lowest BCUT2D eigenvalue weighted by Crippen LogP contribution is -2.54. The van der Waals surface area contributed by atoms with Gasteiger partial charge in [0.05, 0.1) is 33.3 Å². The largest absolute Gasteiger partial charge is 0.323 e. The number of nitrogens with one attached hydrogen (secondary N) is 1. The summed E-state index contributed by atoms with van der Waals surface area (Å²) in [6, 6.07) is 12.0. The number of halogens is 2. The standard InChI is InChI=1S/C22H17Cl2N3O3/c23-12-6-1-2-8-14(12)27-19(28)16-15-9-4-10-26(15)22(17(16)20(27)29)11-5-3-7-13(24)18(11)25-21(22)30/h1-3,5-8,15-17H,4,9-10H2,(H,25,30). The molecule has 0 aromatic heterocycles. The zero-order chi connectivity index (χ0) is 20.8. The van der Waals surface area contributed by atoms with Gasteiger partial charge in [-0.1, -0.05) is 47.5 Å². The van der Waals surface area contributed by atoms with Crippen molar-refractivity contribution in [3.63, 3.8) is 0 Å². The Bertz CT molecular complexity index is 1150. The number of anilines is 2. The zero-order valence-corrected chi connectivity index (χ0v) is 17.3. The van der Waals surface area contributed by atoms with Crippen LogP contribution >= 0.6 is 23.2 Å². The van der Waals surface area contributed by atoms with E-state index in [1.54, 1.807) is 36.4 Å². The number of carbonyl (C=O) groups excluding carboxylic acids is 3. The van der Waals surface area contributed by atoms with Gasteiger partial charge in [-0.2, -0.15) is 0 Å². The Morgan fingerprint density at radius 3 is 2.53 bits per heavy atom. The van der Waals surface area contributed by atoms with Gasteiger partial charge in [0.15, 0.2) is 0 Å². The first-order valence-corrected chi connectivity index (χ1v) is 10.7. The molecule has 0 aliphatic carbocycles. The monoisotopic (exact) mass is 441 g/mol. The molecule has 4 aliphatic heterocycles. The Labute approximate surface area is 182 Å². The second-order valence-corrected chi connectivity index (χ2v) is 9.07. The molecule has 0 radical (unpaired) electrons. The number of amides is 3. The van der Waals surface area contributed by atoms with Gasteiger partial charge in [-0.05, 0) is 37.6 Å². The average molecular weight is 442 g/mol. The summed E-state index contributed by atoms with van der Waals surface area (Å²) in [6.45, 7) is 0.656. The van der Waals surface area contributed by atoms with Gasteiger partial charge < -0.3 is 5.32 Å². The van der Waals surface area contributed by atoms with Crippen LogP contribution in [0.25, 0.3) is 0 Å². The van der Waals surface area contributed by atoms with Crippen molar-refractivity contribution in [2.24, 2.45) is 11.8 Å². The maximum Gasteiger partial charge on any atom is 0.250 e. The van der Waals surface area contributed by atoms with Crippen LogP contribution < -0.4 is 10.2 Å². The van der Waals surface area contributed by atoms with E-state index in [1.165, 1.54) is 4.90 Å². The van der Waals surface area contributed by atoms with Crippen LogP contribution in [0, 0.1) is 11.8 Å². The second-order valence-electron chi connectivity index (χ2n) is 8.25. The zero-order valence-electron chi connectivity index (χ0n) is 15.8. The molecule has 1 spiro atoms. The highest BCUT2D eigenvalue weighted by Gasteiger charge is 2.74. The summed E-state index contributed by atoms with van der Waals surface area (Å²) in [5.74, 6) is -2.35. The highest BCUT2D eigenvalue weighted by Crippen LogP contribution is 2.61. The fourth-order valence-corrected chi connectivity index (χ4v) is 6.51. The maximum atomic E-state index is 13.8. The average Bonchev–Trinajstić information content (AvgIpc) is 3.42. The normalized spacial score (nSPS) is 32.0. The molecule has 4 atom stereocenters. The molecule has 4 aliphatic rings. The Morgan fingerprint density at radius 1 is 0.967 bits per heavy atom. The van der Waals surface area contributed by atoms with Gasteiger partial charge in [-0.25, -0.2) is 4.90 Å². The van der Waals surface area contributed by atoms with Gasteiger partial charge in [-0.15, -0.1) is 0 Å². The van der Waals surface area contributed by atoms with E-state index in [0.29, 0.717) is 33.5 Å². The van der Waals surface area contributed by atoms with E-state index in [2.05, 4.69) is 10.2 Å². The molecule has 3 amide bonds. The first-order valence-electron chi connectivity index (χ1n) is 9.97. The lowest BCUT2D eigenvalue weighted by atomic mass is 9.75. The minimum absolute atomic E-state index is 0.172. The van der Waals surface area contributed by atoms with Gasteiger partial charge in [0.2, 0.25) is 11.8 Å². The number of hydrogen-bond donors (Lipinski definition) is 1. The maximum absolute atomic E-state index is 13.8. The van der Waals surface area contributed by atoms with Crippen LogP contribution in [0.1, 0.15) is 18.4 Å². The molecule has 8 heteroatoms. The number of rotatable bonds is 1.